The number of carboxylic acids is 1. The molecular formula is C15H15BrN4O4. The lowest BCUT2D eigenvalue weighted by Gasteiger charge is -2.14. The molecule has 8 nitrogen and oxygen atoms in total. The van der Waals surface area contributed by atoms with Crippen molar-refractivity contribution in [2.24, 2.45) is 0 Å². The van der Waals surface area contributed by atoms with Crippen molar-refractivity contribution in [1.82, 2.24) is 9.97 Å². The summed E-state index contributed by atoms with van der Waals surface area (Å²) in [6, 6.07) is 5.59. The van der Waals surface area contributed by atoms with Crippen LogP contribution in [0.4, 0.5) is 17.5 Å². The number of carbonyl (C=O) groups is 2. The number of hydrogen-bond acceptors (Lipinski definition) is 7. The van der Waals surface area contributed by atoms with Crippen LogP contribution in [0.15, 0.2) is 34.9 Å². The summed E-state index contributed by atoms with van der Waals surface area (Å²) in [7, 11) is 0. The standard InChI is InChI=1S/C15H15BrN4O4/c1-8(22)9-2-4-10(5-3-9)18-15-17-6-11(16)13(20-15)19-12(7-21)14(23)24/h2-6,12,21H,7H2,1H3,(H,23,24)(H2,17,18,19,20). The van der Waals surface area contributed by atoms with Crippen LogP contribution in [0.25, 0.3) is 0 Å². The molecule has 0 aliphatic carbocycles. The number of carboxylic acid groups (broad SMARTS) is 1. The minimum Gasteiger partial charge on any atom is -0.480 e. The van der Waals surface area contributed by atoms with Crippen molar-refractivity contribution in [2.75, 3.05) is 17.2 Å². The van der Waals surface area contributed by atoms with E-state index in [0.29, 0.717) is 15.7 Å². The van der Waals surface area contributed by atoms with Gasteiger partial charge in [-0.15, -0.1) is 0 Å². The molecule has 0 bridgehead atoms. The van der Waals surface area contributed by atoms with Crippen LogP contribution < -0.4 is 10.6 Å². The quantitative estimate of drug-likeness (QED) is 0.525. The van der Waals surface area contributed by atoms with Gasteiger partial charge in [0.25, 0.3) is 0 Å². The summed E-state index contributed by atoms with van der Waals surface area (Å²) in [5.74, 6) is -0.762. The highest BCUT2D eigenvalue weighted by molar-refractivity contribution is 9.10. The van der Waals surface area contributed by atoms with Crippen LogP contribution in [0.1, 0.15) is 17.3 Å². The largest absolute Gasteiger partial charge is 0.480 e. The van der Waals surface area contributed by atoms with E-state index in [4.69, 9.17) is 10.2 Å². The first-order valence-electron chi connectivity index (χ1n) is 6.91. The summed E-state index contributed by atoms with van der Waals surface area (Å²) in [6.45, 7) is 0.902. The third-order valence-electron chi connectivity index (χ3n) is 3.08. The Labute approximate surface area is 146 Å². The van der Waals surface area contributed by atoms with Gasteiger partial charge in [0, 0.05) is 17.4 Å². The van der Waals surface area contributed by atoms with Gasteiger partial charge < -0.3 is 20.8 Å². The molecule has 1 heterocycles. The van der Waals surface area contributed by atoms with Crippen molar-refractivity contribution in [1.29, 1.82) is 0 Å². The molecule has 1 unspecified atom stereocenters. The third-order valence-corrected chi connectivity index (χ3v) is 3.66. The number of carbonyl (C=O) groups excluding carboxylic acids is 1. The Kier molecular flexibility index (Phi) is 5.83. The predicted molar refractivity (Wildman–Crippen MR) is 91.6 cm³/mol. The van der Waals surface area contributed by atoms with Crippen molar-refractivity contribution in [3.8, 4) is 0 Å². The molecule has 9 heteroatoms. The molecule has 1 atom stereocenters. The number of halogens is 1. The molecule has 0 saturated carbocycles. The summed E-state index contributed by atoms with van der Waals surface area (Å²) >= 11 is 3.22. The van der Waals surface area contributed by atoms with Gasteiger partial charge in [0.15, 0.2) is 5.78 Å². The first kappa shape index (κ1) is 17.8. The van der Waals surface area contributed by atoms with Crippen LogP contribution in [0.3, 0.4) is 0 Å². The van der Waals surface area contributed by atoms with E-state index >= 15 is 0 Å². The number of rotatable bonds is 7. The van der Waals surface area contributed by atoms with Crippen LogP contribution in [0, 0.1) is 0 Å². The Morgan fingerprint density at radius 2 is 1.96 bits per heavy atom. The Bertz CT molecular complexity index is 752. The summed E-state index contributed by atoms with van der Waals surface area (Å²) in [5, 5.41) is 23.6. The molecule has 2 rings (SSSR count). The van der Waals surface area contributed by atoms with E-state index in [9.17, 15) is 9.59 Å². The number of aliphatic carboxylic acids is 1. The topological polar surface area (TPSA) is 124 Å². The van der Waals surface area contributed by atoms with Gasteiger partial charge in [0.05, 0.1) is 11.1 Å². The maximum absolute atomic E-state index is 11.3. The first-order chi connectivity index (χ1) is 11.4. The number of anilines is 3. The van der Waals surface area contributed by atoms with Crippen LogP contribution in [-0.4, -0.2) is 44.6 Å². The van der Waals surface area contributed by atoms with Gasteiger partial charge in [-0.05, 0) is 47.1 Å². The van der Waals surface area contributed by atoms with Crippen LogP contribution in [0.2, 0.25) is 0 Å². The second-order valence-electron chi connectivity index (χ2n) is 4.87. The number of nitrogens with one attached hydrogen (secondary N) is 2. The number of aromatic nitrogens is 2. The van der Waals surface area contributed by atoms with E-state index in [2.05, 4.69) is 36.5 Å². The van der Waals surface area contributed by atoms with E-state index in [1.165, 1.54) is 13.1 Å². The van der Waals surface area contributed by atoms with Crippen LogP contribution >= 0.6 is 15.9 Å². The zero-order chi connectivity index (χ0) is 17.7. The fourth-order valence-corrected chi connectivity index (χ4v) is 2.10. The Balaban J connectivity index is 2.18. The highest BCUT2D eigenvalue weighted by Gasteiger charge is 2.18. The number of ketones is 1. The monoisotopic (exact) mass is 394 g/mol. The van der Waals surface area contributed by atoms with Gasteiger partial charge >= 0.3 is 5.97 Å². The number of hydrogen-bond donors (Lipinski definition) is 4. The third kappa shape index (κ3) is 4.49. The van der Waals surface area contributed by atoms with Gasteiger partial charge in [-0.2, -0.15) is 4.98 Å². The van der Waals surface area contributed by atoms with Crippen molar-refractivity contribution in [3.05, 3.63) is 40.5 Å². The normalized spacial score (nSPS) is 11.6. The zero-order valence-electron chi connectivity index (χ0n) is 12.7. The van der Waals surface area contributed by atoms with Crippen molar-refractivity contribution in [3.63, 3.8) is 0 Å². The minimum absolute atomic E-state index is 0.0309. The summed E-state index contributed by atoms with van der Waals surface area (Å²) in [5.41, 5.74) is 1.26. The number of aliphatic hydroxyl groups is 1. The average molecular weight is 395 g/mol. The molecule has 0 spiro atoms. The Morgan fingerprint density at radius 1 is 1.29 bits per heavy atom. The molecule has 0 aliphatic heterocycles. The summed E-state index contributed by atoms with van der Waals surface area (Å²) < 4.78 is 0.458. The molecule has 4 N–H and O–H groups in total. The lowest BCUT2D eigenvalue weighted by molar-refractivity contribution is -0.138. The van der Waals surface area contributed by atoms with E-state index < -0.39 is 18.6 Å². The lowest BCUT2D eigenvalue weighted by atomic mass is 10.1. The van der Waals surface area contributed by atoms with Gasteiger partial charge in [-0.3, -0.25) is 4.79 Å². The SMILES string of the molecule is CC(=O)c1ccc(Nc2ncc(Br)c(NC(CO)C(=O)O)n2)cc1. The molecule has 0 aliphatic rings. The number of aliphatic hydroxyl groups excluding tert-OH is 1. The van der Waals surface area contributed by atoms with Gasteiger partial charge in [0.1, 0.15) is 11.9 Å². The summed E-state index contributed by atoms with van der Waals surface area (Å²) in [4.78, 5) is 30.5. The number of Topliss-reactive ketones (excluding diaryl/α,β-unsaturated/α-hetero) is 1. The molecule has 126 valence electrons. The number of benzene rings is 1. The van der Waals surface area contributed by atoms with Crippen molar-refractivity contribution in [2.45, 2.75) is 13.0 Å². The molecule has 2 aromatic rings. The van der Waals surface area contributed by atoms with E-state index in [-0.39, 0.29) is 17.5 Å². The highest BCUT2D eigenvalue weighted by atomic mass is 79.9. The Hall–Kier alpha value is -2.52. The van der Waals surface area contributed by atoms with Crippen LogP contribution in [-0.2, 0) is 4.79 Å². The maximum atomic E-state index is 11.3. The average Bonchev–Trinajstić information content (AvgIpc) is 2.55. The fourth-order valence-electron chi connectivity index (χ4n) is 1.80. The van der Waals surface area contributed by atoms with Crippen LogP contribution in [0.5, 0.6) is 0 Å². The molecular weight excluding hydrogens is 380 g/mol. The molecule has 1 aromatic heterocycles. The second-order valence-corrected chi connectivity index (χ2v) is 5.72. The molecule has 0 fully saturated rings. The summed E-state index contributed by atoms with van der Waals surface area (Å²) in [6.07, 6.45) is 1.46. The van der Waals surface area contributed by atoms with E-state index in [1.54, 1.807) is 24.3 Å². The highest BCUT2D eigenvalue weighted by Crippen LogP contribution is 2.22. The predicted octanol–water partition coefficient (Wildman–Crippen LogP) is 2.04. The van der Waals surface area contributed by atoms with Gasteiger partial charge in [-0.1, -0.05) is 0 Å². The molecule has 24 heavy (non-hydrogen) atoms. The zero-order valence-corrected chi connectivity index (χ0v) is 14.2. The Morgan fingerprint density at radius 3 is 2.50 bits per heavy atom. The van der Waals surface area contributed by atoms with Gasteiger partial charge in [0.2, 0.25) is 5.95 Å². The minimum atomic E-state index is -1.20. The smallest absolute Gasteiger partial charge is 0.328 e. The molecule has 0 saturated heterocycles. The van der Waals surface area contributed by atoms with E-state index in [1.807, 2.05) is 0 Å². The van der Waals surface area contributed by atoms with E-state index in [0.717, 1.165) is 0 Å². The first-order valence-corrected chi connectivity index (χ1v) is 7.70. The number of nitrogens with zero attached hydrogens (tertiary/aromatic N) is 2. The molecule has 0 amide bonds. The maximum Gasteiger partial charge on any atom is 0.328 e. The lowest BCUT2D eigenvalue weighted by Crippen LogP contribution is -2.33. The van der Waals surface area contributed by atoms with Crippen molar-refractivity contribution >= 4 is 45.1 Å². The second kappa shape index (κ2) is 7.84. The van der Waals surface area contributed by atoms with Gasteiger partial charge in [-0.25, -0.2) is 9.78 Å². The molecule has 1 aromatic carbocycles. The van der Waals surface area contributed by atoms with Crippen molar-refractivity contribution < 1.29 is 19.8 Å². The molecule has 0 radical (unpaired) electrons. The fraction of sp³-hybridized carbons (Fsp3) is 0.200.